The number of rotatable bonds is 6. The molecule has 5 heteroatoms. The summed E-state index contributed by atoms with van der Waals surface area (Å²) >= 11 is 1.59. The van der Waals surface area contributed by atoms with Crippen molar-refractivity contribution in [2.75, 3.05) is 26.5 Å². The number of para-hydroxylation sites is 1. The molecule has 1 aliphatic heterocycles. The molecule has 1 fully saturated rings. The summed E-state index contributed by atoms with van der Waals surface area (Å²) in [4.78, 5) is 14.4. The summed E-state index contributed by atoms with van der Waals surface area (Å²) in [5, 5.41) is 3.20. The van der Waals surface area contributed by atoms with Gasteiger partial charge in [-0.15, -0.1) is 0 Å². The molecule has 0 aromatic heterocycles. The minimum absolute atomic E-state index is 0.0339. The van der Waals surface area contributed by atoms with E-state index in [2.05, 4.69) is 22.3 Å². The van der Waals surface area contributed by atoms with Crippen molar-refractivity contribution in [1.82, 2.24) is 10.2 Å². The molecule has 0 radical (unpaired) electrons. The highest BCUT2D eigenvalue weighted by molar-refractivity contribution is 7.99. The average Bonchev–Trinajstić information content (AvgIpc) is 2.56. The van der Waals surface area contributed by atoms with Crippen LogP contribution in [0.3, 0.4) is 0 Å². The van der Waals surface area contributed by atoms with E-state index in [1.165, 1.54) is 5.56 Å². The van der Waals surface area contributed by atoms with E-state index < -0.39 is 0 Å². The van der Waals surface area contributed by atoms with Gasteiger partial charge in [-0.05, 0) is 32.1 Å². The van der Waals surface area contributed by atoms with E-state index in [9.17, 15) is 4.79 Å². The van der Waals surface area contributed by atoms with Crippen molar-refractivity contribution in [3.05, 3.63) is 29.8 Å². The fourth-order valence-corrected chi connectivity index (χ4v) is 3.02. The zero-order chi connectivity index (χ0) is 15.9. The quantitative estimate of drug-likeness (QED) is 0.874. The van der Waals surface area contributed by atoms with Crippen molar-refractivity contribution < 1.29 is 9.53 Å². The Balaban J connectivity index is 1.81. The Morgan fingerprint density at radius 3 is 2.73 bits per heavy atom. The smallest absolute Gasteiger partial charge is 0.233 e. The largest absolute Gasteiger partial charge is 0.496 e. The van der Waals surface area contributed by atoms with Crippen LogP contribution < -0.4 is 10.1 Å². The van der Waals surface area contributed by atoms with Gasteiger partial charge in [-0.25, -0.2) is 0 Å². The molecule has 1 aromatic rings. The number of hydrogen-bond donors (Lipinski definition) is 1. The predicted molar refractivity (Wildman–Crippen MR) is 92.4 cm³/mol. The Hall–Kier alpha value is -1.20. The average molecular weight is 322 g/mol. The number of nitrogens with zero attached hydrogens (tertiary/aromatic N) is 1. The molecule has 1 atom stereocenters. The Bertz CT molecular complexity index is 487. The first kappa shape index (κ1) is 17.2. The third kappa shape index (κ3) is 4.65. The van der Waals surface area contributed by atoms with Crippen LogP contribution in [-0.2, 0) is 11.3 Å². The second kappa shape index (κ2) is 8.44. The summed E-state index contributed by atoms with van der Waals surface area (Å²) in [7, 11) is 1.72. The fraction of sp³-hybridized carbons (Fsp3) is 0.588. The molecular formula is C17H26N2O2S. The zero-order valence-electron chi connectivity index (χ0n) is 13.7. The predicted octanol–water partition coefficient (Wildman–Crippen LogP) is 2.53. The van der Waals surface area contributed by atoms with Crippen LogP contribution >= 0.6 is 11.8 Å². The molecule has 22 heavy (non-hydrogen) atoms. The van der Waals surface area contributed by atoms with Crippen molar-refractivity contribution in [2.24, 2.45) is 0 Å². The number of piperidine rings is 1. The molecule has 1 heterocycles. The van der Waals surface area contributed by atoms with Gasteiger partial charge in [0.15, 0.2) is 0 Å². The van der Waals surface area contributed by atoms with Crippen LogP contribution in [0.5, 0.6) is 5.75 Å². The summed E-state index contributed by atoms with van der Waals surface area (Å²) in [6, 6.07) is 8.49. The highest BCUT2D eigenvalue weighted by Gasteiger charge is 2.22. The lowest BCUT2D eigenvalue weighted by atomic mass is 10.0. The Kier molecular flexibility index (Phi) is 6.58. The summed E-state index contributed by atoms with van der Waals surface area (Å²) < 4.78 is 5.41. The van der Waals surface area contributed by atoms with E-state index in [1.54, 1.807) is 18.9 Å². The van der Waals surface area contributed by atoms with Crippen molar-refractivity contribution >= 4 is 17.7 Å². The van der Waals surface area contributed by atoms with E-state index >= 15 is 0 Å². The number of ether oxygens (including phenoxy) is 1. The van der Waals surface area contributed by atoms with Crippen LogP contribution in [0, 0.1) is 0 Å². The van der Waals surface area contributed by atoms with E-state index in [-0.39, 0.29) is 11.2 Å². The number of likely N-dealkylation sites (tertiary alicyclic amines) is 1. The maximum absolute atomic E-state index is 11.9. The number of nitrogens with one attached hydrogen (secondary N) is 1. The van der Waals surface area contributed by atoms with Crippen LogP contribution in [0.4, 0.5) is 0 Å². The van der Waals surface area contributed by atoms with E-state index in [0.717, 1.165) is 38.2 Å². The minimum Gasteiger partial charge on any atom is -0.496 e. The van der Waals surface area contributed by atoms with E-state index in [4.69, 9.17) is 4.74 Å². The maximum atomic E-state index is 11.9. The number of hydrogen-bond acceptors (Lipinski definition) is 4. The molecule has 1 aliphatic rings. The number of methoxy groups -OCH3 is 1. The Labute approximate surface area is 137 Å². The van der Waals surface area contributed by atoms with Crippen molar-refractivity contribution in [3.63, 3.8) is 0 Å². The third-order valence-electron chi connectivity index (χ3n) is 4.24. The van der Waals surface area contributed by atoms with Gasteiger partial charge in [-0.1, -0.05) is 18.2 Å². The lowest BCUT2D eigenvalue weighted by Gasteiger charge is -2.33. The summed E-state index contributed by atoms with van der Waals surface area (Å²) in [6.45, 7) is 4.88. The van der Waals surface area contributed by atoms with Gasteiger partial charge in [0, 0.05) is 31.2 Å². The highest BCUT2D eigenvalue weighted by atomic mass is 32.2. The summed E-state index contributed by atoms with van der Waals surface area (Å²) in [5.41, 5.74) is 1.23. The van der Waals surface area contributed by atoms with Crippen molar-refractivity contribution in [3.8, 4) is 5.75 Å². The molecule has 0 unspecified atom stereocenters. The Morgan fingerprint density at radius 2 is 2.09 bits per heavy atom. The number of amides is 1. The SMILES string of the molecule is COc1ccccc1CN1CCC(NC(=O)[C@H](C)SC)CC1. The minimum atomic E-state index is 0.0339. The molecule has 0 saturated carbocycles. The molecule has 1 aromatic carbocycles. The second-order valence-electron chi connectivity index (χ2n) is 5.75. The summed E-state index contributed by atoms with van der Waals surface area (Å²) in [6.07, 6.45) is 4.00. The van der Waals surface area contributed by atoms with Gasteiger partial charge >= 0.3 is 0 Å². The van der Waals surface area contributed by atoms with Crippen LogP contribution in [-0.4, -0.2) is 48.6 Å². The molecule has 1 N–H and O–H groups in total. The van der Waals surface area contributed by atoms with E-state index in [0.29, 0.717) is 6.04 Å². The second-order valence-corrected chi connectivity index (χ2v) is 6.93. The van der Waals surface area contributed by atoms with E-state index in [1.807, 2.05) is 25.3 Å². The molecule has 2 rings (SSSR count). The first-order valence-corrected chi connectivity index (χ1v) is 9.10. The number of carbonyl (C=O) groups is 1. The van der Waals surface area contributed by atoms with Crippen molar-refractivity contribution in [1.29, 1.82) is 0 Å². The molecule has 122 valence electrons. The number of carbonyl (C=O) groups excluding carboxylic acids is 1. The van der Waals surface area contributed by atoms with Crippen LogP contribution in [0.15, 0.2) is 24.3 Å². The first-order valence-electron chi connectivity index (χ1n) is 7.81. The van der Waals surface area contributed by atoms with Gasteiger partial charge in [0.2, 0.25) is 5.91 Å². The van der Waals surface area contributed by atoms with Gasteiger partial charge in [0.1, 0.15) is 5.75 Å². The van der Waals surface area contributed by atoms with Gasteiger partial charge < -0.3 is 10.1 Å². The van der Waals surface area contributed by atoms with Gasteiger partial charge in [-0.3, -0.25) is 9.69 Å². The van der Waals surface area contributed by atoms with Gasteiger partial charge in [0.05, 0.1) is 12.4 Å². The normalized spacial score (nSPS) is 18.0. The lowest BCUT2D eigenvalue weighted by molar-refractivity contribution is -0.121. The van der Waals surface area contributed by atoms with Crippen LogP contribution in [0.1, 0.15) is 25.3 Å². The number of thioether (sulfide) groups is 1. The van der Waals surface area contributed by atoms with Crippen molar-refractivity contribution in [2.45, 2.75) is 37.6 Å². The molecule has 1 amide bonds. The zero-order valence-corrected chi connectivity index (χ0v) is 14.5. The van der Waals surface area contributed by atoms with Gasteiger partial charge in [-0.2, -0.15) is 11.8 Å². The summed E-state index contributed by atoms with van der Waals surface area (Å²) in [5.74, 6) is 1.11. The highest BCUT2D eigenvalue weighted by Crippen LogP contribution is 2.21. The maximum Gasteiger partial charge on any atom is 0.233 e. The lowest BCUT2D eigenvalue weighted by Crippen LogP contribution is -2.46. The standard InChI is InChI=1S/C17H26N2O2S/c1-13(22-3)17(20)18-15-8-10-19(11-9-15)12-14-6-4-5-7-16(14)21-2/h4-7,13,15H,8-12H2,1-3H3,(H,18,20)/t13-/m0/s1. The third-order valence-corrected chi connectivity index (χ3v) is 5.16. The molecule has 0 spiro atoms. The number of benzene rings is 1. The topological polar surface area (TPSA) is 41.6 Å². The molecule has 1 saturated heterocycles. The van der Waals surface area contributed by atoms with Crippen LogP contribution in [0.25, 0.3) is 0 Å². The van der Waals surface area contributed by atoms with Gasteiger partial charge in [0.25, 0.3) is 0 Å². The first-order chi connectivity index (χ1) is 10.6. The monoisotopic (exact) mass is 322 g/mol. The Morgan fingerprint density at radius 1 is 1.41 bits per heavy atom. The molecule has 0 bridgehead atoms. The molecular weight excluding hydrogens is 296 g/mol. The fourth-order valence-electron chi connectivity index (χ4n) is 2.74. The molecule has 0 aliphatic carbocycles. The molecule has 4 nitrogen and oxygen atoms in total. The van der Waals surface area contributed by atoms with Crippen LogP contribution in [0.2, 0.25) is 0 Å².